The van der Waals surface area contributed by atoms with E-state index >= 15 is 0 Å². The summed E-state index contributed by atoms with van der Waals surface area (Å²) in [5, 5.41) is 2.99. The Hall–Kier alpha value is -2.04. The number of hydrogen-bond donors (Lipinski definition) is 2. The van der Waals surface area contributed by atoms with E-state index in [1.54, 1.807) is 6.20 Å². The highest BCUT2D eigenvalue weighted by atomic mass is 16.5. The van der Waals surface area contributed by atoms with Crippen molar-refractivity contribution in [3.8, 4) is 5.88 Å². The molecule has 0 radical (unpaired) electrons. The molecule has 0 aliphatic heterocycles. The molecule has 0 saturated heterocycles. The van der Waals surface area contributed by atoms with Gasteiger partial charge < -0.3 is 15.8 Å². The van der Waals surface area contributed by atoms with Crippen molar-refractivity contribution in [2.45, 2.75) is 26.3 Å². The van der Waals surface area contributed by atoms with E-state index in [9.17, 15) is 0 Å². The lowest BCUT2D eigenvalue weighted by atomic mass is 10.3. The van der Waals surface area contributed by atoms with E-state index < -0.39 is 0 Å². The molecule has 1 aliphatic carbocycles. The standard InChI is InChI=1S/C15H22N4O/c1-11(2)7-18-15(16)19-9-13-5-6-14(17-8-13)20-10-12-3-4-12/h5-6,8,12H,1,3-4,7,9-10H2,2H3,(H3,16,18,19). The maximum absolute atomic E-state index is 5.74. The Labute approximate surface area is 120 Å². The number of aromatic nitrogens is 1. The van der Waals surface area contributed by atoms with Gasteiger partial charge in [0.15, 0.2) is 5.96 Å². The van der Waals surface area contributed by atoms with Crippen LogP contribution in [0.15, 0.2) is 35.5 Å². The molecule has 1 fully saturated rings. The predicted molar refractivity (Wildman–Crippen MR) is 80.6 cm³/mol. The Morgan fingerprint density at radius 3 is 2.95 bits per heavy atom. The molecule has 1 aliphatic rings. The Morgan fingerprint density at radius 2 is 2.35 bits per heavy atom. The second-order valence-electron chi connectivity index (χ2n) is 5.27. The van der Waals surface area contributed by atoms with Crippen molar-refractivity contribution in [1.82, 2.24) is 10.3 Å². The van der Waals surface area contributed by atoms with E-state index in [-0.39, 0.29) is 0 Å². The molecule has 0 aromatic carbocycles. The molecule has 0 amide bonds. The third kappa shape index (κ3) is 5.30. The van der Waals surface area contributed by atoms with Crippen LogP contribution in [0, 0.1) is 5.92 Å². The number of guanidine groups is 1. The zero-order valence-corrected chi connectivity index (χ0v) is 11.9. The van der Waals surface area contributed by atoms with Gasteiger partial charge in [-0.15, -0.1) is 0 Å². The molecule has 1 aromatic rings. The highest BCUT2D eigenvalue weighted by Gasteiger charge is 2.21. The molecular formula is C15H22N4O. The summed E-state index contributed by atoms with van der Waals surface area (Å²) in [6, 6.07) is 3.84. The number of nitrogens with two attached hydrogens (primary N) is 1. The predicted octanol–water partition coefficient (Wildman–Crippen LogP) is 1.85. The fourth-order valence-electron chi connectivity index (χ4n) is 1.55. The summed E-state index contributed by atoms with van der Waals surface area (Å²) in [6.45, 7) is 7.65. The van der Waals surface area contributed by atoms with Gasteiger partial charge in [-0.3, -0.25) is 0 Å². The minimum atomic E-state index is 0.419. The molecule has 5 heteroatoms. The van der Waals surface area contributed by atoms with Gasteiger partial charge in [-0.05, 0) is 31.2 Å². The molecule has 1 saturated carbocycles. The van der Waals surface area contributed by atoms with Crippen LogP contribution in [0.1, 0.15) is 25.3 Å². The average Bonchev–Trinajstić information content (AvgIpc) is 3.26. The zero-order chi connectivity index (χ0) is 14.4. The number of ether oxygens (including phenoxy) is 1. The minimum absolute atomic E-state index is 0.419. The molecule has 1 heterocycles. The molecule has 2 rings (SSSR count). The number of nitrogens with zero attached hydrogens (tertiary/aromatic N) is 2. The zero-order valence-electron chi connectivity index (χ0n) is 11.9. The summed E-state index contributed by atoms with van der Waals surface area (Å²) in [7, 11) is 0. The molecule has 3 N–H and O–H groups in total. The van der Waals surface area contributed by atoms with Crippen LogP contribution in [-0.2, 0) is 6.54 Å². The van der Waals surface area contributed by atoms with E-state index in [2.05, 4.69) is 21.9 Å². The molecular weight excluding hydrogens is 252 g/mol. The number of rotatable bonds is 7. The van der Waals surface area contributed by atoms with Gasteiger partial charge in [0, 0.05) is 18.8 Å². The van der Waals surface area contributed by atoms with Crippen LogP contribution in [0.25, 0.3) is 0 Å². The van der Waals surface area contributed by atoms with Gasteiger partial charge in [-0.2, -0.15) is 0 Å². The topological polar surface area (TPSA) is 72.5 Å². The summed E-state index contributed by atoms with van der Waals surface area (Å²) in [5.74, 6) is 1.83. The van der Waals surface area contributed by atoms with Crippen molar-refractivity contribution in [3.05, 3.63) is 36.0 Å². The van der Waals surface area contributed by atoms with Crippen molar-refractivity contribution in [2.75, 3.05) is 13.2 Å². The first kappa shape index (κ1) is 14.4. The van der Waals surface area contributed by atoms with Crippen LogP contribution in [-0.4, -0.2) is 24.1 Å². The highest BCUT2D eigenvalue weighted by molar-refractivity contribution is 5.78. The molecule has 0 atom stereocenters. The summed E-state index contributed by atoms with van der Waals surface area (Å²) in [4.78, 5) is 8.51. The fraction of sp³-hybridized carbons (Fsp3) is 0.467. The van der Waals surface area contributed by atoms with Crippen molar-refractivity contribution in [1.29, 1.82) is 0 Å². The summed E-state index contributed by atoms with van der Waals surface area (Å²) < 4.78 is 5.58. The molecule has 0 unspecified atom stereocenters. The van der Waals surface area contributed by atoms with Gasteiger partial charge in [-0.1, -0.05) is 18.2 Å². The lowest BCUT2D eigenvalue weighted by Gasteiger charge is -2.06. The Bertz CT molecular complexity index is 477. The van der Waals surface area contributed by atoms with Gasteiger partial charge in [0.25, 0.3) is 0 Å². The van der Waals surface area contributed by atoms with Crippen LogP contribution in [0.4, 0.5) is 0 Å². The molecule has 0 spiro atoms. The van der Waals surface area contributed by atoms with Crippen molar-refractivity contribution >= 4 is 5.96 Å². The first-order chi connectivity index (χ1) is 9.63. The quantitative estimate of drug-likeness (QED) is 0.452. The van der Waals surface area contributed by atoms with E-state index in [1.807, 2.05) is 19.1 Å². The summed E-state index contributed by atoms with van der Waals surface area (Å²) in [6.07, 6.45) is 4.34. The Morgan fingerprint density at radius 1 is 1.55 bits per heavy atom. The first-order valence-corrected chi connectivity index (χ1v) is 6.89. The SMILES string of the molecule is C=C(C)CNC(N)=NCc1ccc(OCC2CC2)nc1. The summed E-state index contributed by atoms with van der Waals surface area (Å²) >= 11 is 0. The maximum Gasteiger partial charge on any atom is 0.213 e. The molecule has 108 valence electrons. The molecule has 0 bridgehead atoms. The molecule has 20 heavy (non-hydrogen) atoms. The van der Waals surface area contributed by atoms with Crippen LogP contribution < -0.4 is 15.8 Å². The monoisotopic (exact) mass is 274 g/mol. The Balaban J connectivity index is 1.77. The highest BCUT2D eigenvalue weighted by Crippen LogP contribution is 2.29. The van der Waals surface area contributed by atoms with E-state index in [1.165, 1.54) is 12.8 Å². The van der Waals surface area contributed by atoms with Crippen LogP contribution in [0.3, 0.4) is 0 Å². The second kappa shape index (κ2) is 6.93. The molecule has 1 aromatic heterocycles. The third-order valence-corrected chi connectivity index (χ3v) is 2.96. The number of nitrogens with one attached hydrogen (secondary N) is 1. The van der Waals surface area contributed by atoms with Gasteiger partial charge >= 0.3 is 0 Å². The van der Waals surface area contributed by atoms with Gasteiger partial charge in [0.2, 0.25) is 5.88 Å². The van der Waals surface area contributed by atoms with Crippen LogP contribution >= 0.6 is 0 Å². The lowest BCUT2D eigenvalue weighted by molar-refractivity contribution is 0.288. The smallest absolute Gasteiger partial charge is 0.213 e. The van der Waals surface area contributed by atoms with Crippen LogP contribution in [0.2, 0.25) is 0 Å². The van der Waals surface area contributed by atoms with Crippen molar-refractivity contribution < 1.29 is 4.74 Å². The molecule has 5 nitrogen and oxygen atoms in total. The van der Waals surface area contributed by atoms with Gasteiger partial charge in [-0.25, -0.2) is 9.98 Å². The average molecular weight is 274 g/mol. The van der Waals surface area contributed by atoms with Crippen molar-refractivity contribution in [3.63, 3.8) is 0 Å². The van der Waals surface area contributed by atoms with E-state index in [4.69, 9.17) is 10.5 Å². The first-order valence-electron chi connectivity index (χ1n) is 6.89. The van der Waals surface area contributed by atoms with Crippen molar-refractivity contribution in [2.24, 2.45) is 16.6 Å². The fourth-order valence-corrected chi connectivity index (χ4v) is 1.55. The van der Waals surface area contributed by atoms with Crippen LogP contribution in [0.5, 0.6) is 5.88 Å². The van der Waals surface area contributed by atoms with Gasteiger partial charge in [0.1, 0.15) is 0 Å². The summed E-state index contributed by atoms with van der Waals surface area (Å²) in [5.41, 5.74) is 7.76. The third-order valence-electron chi connectivity index (χ3n) is 2.96. The number of hydrogen-bond acceptors (Lipinski definition) is 3. The Kier molecular flexibility index (Phi) is 4.98. The number of aliphatic imine (C=N–C) groups is 1. The van der Waals surface area contributed by atoms with E-state index in [0.717, 1.165) is 23.7 Å². The lowest BCUT2D eigenvalue weighted by Crippen LogP contribution is -2.32. The van der Waals surface area contributed by atoms with Gasteiger partial charge in [0.05, 0.1) is 13.2 Å². The second-order valence-corrected chi connectivity index (χ2v) is 5.27. The largest absolute Gasteiger partial charge is 0.477 e. The number of pyridine rings is 1. The minimum Gasteiger partial charge on any atom is -0.477 e. The van der Waals surface area contributed by atoms with E-state index in [0.29, 0.717) is 24.9 Å². The maximum atomic E-state index is 5.74. The normalized spacial score (nSPS) is 14.9.